The maximum Gasteiger partial charge on any atom is 0.260 e. The summed E-state index contributed by atoms with van der Waals surface area (Å²) in [5.74, 6) is 3.34. The first-order valence-electron chi connectivity index (χ1n) is 26.0. The Bertz CT molecular complexity index is 4140. The largest absolute Gasteiger partial charge is 0.458 e. The fourth-order valence-electron chi connectivity index (χ4n) is 12.1. The van der Waals surface area contributed by atoms with Crippen LogP contribution in [0.4, 0.5) is 0 Å². The number of para-hydroxylation sites is 3. The van der Waals surface area contributed by atoms with Gasteiger partial charge in [0.05, 0.1) is 11.0 Å². The van der Waals surface area contributed by atoms with Crippen molar-refractivity contribution in [1.82, 2.24) is 4.57 Å². The van der Waals surface area contributed by atoms with E-state index in [1.807, 2.05) is 0 Å². The maximum atomic E-state index is 7.28. The normalized spacial score (nSPS) is 12.9. The third-order valence-corrected chi connectivity index (χ3v) is 15.8. The molecule has 11 aromatic carbocycles. The van der Waals surface area contributed by atoms with E-state index in [0.717, 1.165) is 67.3 Å². The minimum Gasteiger partial charge on any atom is -0.458 e. The standard InChI is InChI=1S/C70H54BNO2/c1-69(2,3)49-37-46(38-50(41-49)70(4,5)6)44-34-45(36-48(35-44)67-56-26-12-10-24-54(56)66(43-20-8-7-9-21-43)55-25-11-13-27-57(55)67)47-39-64-68-65(40-47)74-63-42-51(32-33-59(63)71(68)58-28-16-19-31-62(58)73-64)72-60-29-17-14-22-52(60)53-23-15-18-30-61(53)72/h7-42H,1-6H3. The van der Waals surface area contributed by atoms with Crippen LogP contribution in [0.2, 0.25) is 0 Å². The smallest absolute Gasteiger partial charge is 0.260 e. The second-order valence-electron chi connectivity index (χ2n) is 22.5. The van der Waals surface area contributed by atoms with Crippen molar-refractivity contribution in [2.75, 3.05) is 0 Å². The van der Waals surface area contributed by atoms with Crippen LogP contribution in [0.1, 0.15) is 52.7 Å². The number of hydrogen-bond donors (Lipinski definition) is 0. The molecule has 0 unspecified atom stereocenters. The number of aromatic nitrogens is 1. The Morgan fingerprint density at radius 2 is 0.757 bits per heavy atom. The summed E-state index contributed by atoms with van der Waals surface area (Å²) in [6, 6.07) is 80.4. The first-order chi connectivity index (χ1) is 35.9. The summed E-state index contributed by atoms with van der Waals surface area (Å²) in [5, 5.41) is 7.35. The van der Waals surface area contributed by atoms with Gasteiger partial charge < -0.3 is 14.0 Å². The number of benzene rings is 11. The fourth-order valence-corrected chi connectivity index (χ4v) is 12.1. The first-order valence-corrected chi connectivity index (χ1v) is 26.0. The Morgan fingerprint density at radius 1 is 0.324 bits per heavy atom. The Kier molecular flexibility index (Phi) is 9.82. The summed E-state index contributed by atoms with van der Waals surface area (Å²) < 4.78 is 16.7. The molecule has 4 heteroatoms. The summed E-state index contributed by atoms with van der Waals surface area (Å²) in [6.45, 7) is 13.8. The highest BCUT2D eigenvalue weighted by Gasteiger charge is 2.41. The minimum absolute atomic E-state index is 0.0590. The summed E-state index contributed by atoms with van der Waals surface area (Å²) >= 11 is 0. The highest BCUT2D eigenvalue weighted by Crippen LogP contribution is 2.47. The minimum atomic E-state index is -0.0753. The van der Waals surface area contributed by atoms with E-state index in [1.54, 1.807) is 0 Å². The molecule has 2 aliphatic rings. The molecule has 3 nitrogen and oxygen atoms in total. The lowest BCUT2D eigenvalue weighted by Gasteiger charge is -2.33. The molecule has 74 heavy (non-hydrogen) atoms. The Hall–Kier alpha value is -8.60. The molecule has 14 rings (SSSR count). The van der Waals surface area contributed by atoms with Gasteiger partial charge in [-0.3, -0.25) is 0 Å². The van der Waals surface area contributed by atoms with E-state index in [9.17, 15) is 0 Å². The van der Waals surface area contributed by atoms with Crippen LogP contribution in [0.3, 0.4) is 0 Å². The van der Waals surface area contributed by atoms with Gasteiger partial charge in [-0.2, -0.15) is 0 Å². The molecule has 0 atom stereocenters. The molecule has 0 N–H and O–H groups in total. The quantitative estimate of drug-likeness (QED) is 0.127. The topological polar surface area (TPSA) is 23.4 Å². The van der Waals surface area contributed by atoms with Crippen LogP contribution in [0.5, 0.6) is 23.0 Å². The zero-order chi connectivity index (χ0) is 50.0. The van der Waals surface area contributed by atoms with Gasteiger partial charge in [0.25, 0.3) is 6.71 Å². The van der Waals surface area contributed by atoms with Crippen LogP contribution >= 0.6 is 0 Å². The van der Waals surface area contributed by atoms with Gasteiger partial charge in [-0.25, -0.2) is 0 Å². The zero-order valence-electron chi connectivity index (χ0n) is 42.6. The molecule has 0 saturated heterocycles. The molecule has 0 saturated carbocycles. The first kappa shape index (κ1) is 44.1. The highest BCUT2D eigenvalue weighted by molar-refractivity contribution is 6.98. The van der Waals surface area contributed by atoms with Crippen LogP contribution < -0.4 is 25.9 Å². The van der Waals surface area contributed by atoms with E-state index in [0.29, 0.717) is 0 Å². The maximum absolute atomic E-state index is 7.28. The van der Waals surface area contributed by atoms with E-state index in [1.165, 1.54) is 76.7 Å². The van der Waals surface area contributed by atoms with E-state index >= 15 is 0 Å². The van der Waals surface area contributed by atoms with E-state index in [-0.39, 0.29) is 17.5 Å². The number of nitrogens with zero attached hydrogens (tertiary/aromatic N) is 1. The van der Waals surface area contributed by atoms with Gasteiger partial charge in [0, 0.05) is 28.0 Å². The molecule has 3 heterocycles. The Labute approximate surface area is 433 Å². The molecular weight excluding hydrogens is 898 g/mol. The number of ether oxygens (including phenoxy) is 2. The number of fused-ring (bicyclic) bond motifs is 9. The van der Waals surface area contributed by atoms with Crippen LogP contribution in [0.15, 0.2) is 218 Å². The number of hydrogen-bond acceptors (Lipinski definition) is 2. The zero-order valence-corrected chi connectivity index (χ0v) is 42.6. The predicted octanol–water partition coefficient (Wildman–Crippen LogP) is 17.1. The monoisotopic (exact) mass is 951 g/mol. The molecule has 0 fully saturated rings. The lowest BCUT2D eigenvalue weighted by molar-refractivity contribution is 0.465. The van der Waals surface area contributed by atoms with Crippen LogP contribution in [0.25, 0.3) is 93.5 Å². The molecule has 0 amide bonds. The number of rotatable bonds is 5. The summed E-state index contributed by atoms with van der Waals surface area (Å²) in [4.78, 5) is 0. The van der Waals surface area contributed by atoms with E-state index in [4.69, 9.17) is 9.47 Å². The van der Waals surface area contributed by atoms with E-state index < -0.39 is 0 Å². The van der Waals surface area contributed by atoms with Crippen LogP contribution in [-0.2, 0) is 10.8 Å². The van der Waals surface area contributed by atoms with Crippen molar-refractivity contribution in [2.24, 2.45) is 0 Å². The van der Waals surface area contributed by atoms with Crippen molar-refractivity contribution in [3.05, 3.63) is 230 Å². The van der Waals surface area contributed by atoms with Gasteiger partial charge >= 0.3 is 0 Å². The molecule has 1 aromatic heterocycles. The summed E-state index contributed by atoms with van der Waals surface area (Å²) in [5.41, 5.74) is 18.5. The lowest BCUT2D eigenvalue weighted by Crippen LogP contribution is -2.57. The van der Waals surface area contributed by atoms with Crippen molar-refractivity contribution in [3.63, 3.8) is 0 Å². The molecule has 354 valence electrons. The molecule has 0 radical (unpaired) electrons. The van der Waals surface area contributed by atoms with Crippen LogP contribution in [0, 0.1) is 0 Å². The SMILES string of the molecule is CC(C)(C)c1cc(-c2cc(-c3cc4c5c(c3)Oc3cc(-n6c7ccccc7c7ccccc76)ccc3B5c3ccccc3O4)cc(-c3c4ccccc4c(-c4ccccc4)c4ccccc34)c2)cc(C(C)(C)C)c1. The second-order valence-corrected chi connectivity index (χ2v) is 22.5. The average Bonchev–Trinajstić information content (AvgIpc) is 3.76. The Morgan fingerprint density at radius 3 is 1.32 bits per heavy atom. The van der Waals surface area contributed by atoms with Gasteiger partial charge in [-0.05, 0) is 154 Å². The molecule has 0 spiro atoms. The van der Waals surface area contributed by atoms with Crippen molar-refractivity contribution >= 4 is 66.5 Å². The third kappa shape index (κ3) is 7.03. The third-order valence-electron chi connectivity index (χ3n) is 15.8. The van der Waals surface area contributed by atoms with Gasteiger partial charge in [0.1, 0.15) is 23.0 Å². The van der Waals surface area contributed by atoms with Crippen molar-refractivity contribution < 1.29 is 9.47 Å². The lowest BCUT2D eigenvalue weighted by atomic mass is 9.35. The van der Waals surface area contributed by atoms with Crippen LogP contribution in [-0.4, -0.2) is 11.3 Å². The van der Waals surface area contributed by atoms with Gasteiger partial charge in [0.15, 0.2) is 0 Å². The van der Waals surface area contributed by atoms with Gasteiger partial charge in [-0.15, -0.1) is 0 Å². The van der Waals surface area contributed by atoms with Crippen molar-refractivity contribution in [2.45, 2.75) is 52.4 Å². The second kappa shape index (κ2) is 16.5. The molecule has 0 bridgehead atoms. The van der Waals surface area contributed by atoms with Crippen molar-refractivity contribution in [3.8, 4) is 73.2 Å². The summed E-state index contributed by atoms with van der Waals surface area (Å²) in [6.07, 6.45) is 0. The molecule has 12 aromatic rings. The summed E-state index contributed by atoms with van der Waals surface area (Å²) in [7, 11) is 0. The molecule has 2 aliphatic heterocycles. The van der Waals surface area contributed by atoms with Gasteiger partial charge in [0.2, 0.25) is 0 Å². The van der Waals surface area contributed by atoms with Gasteiger partial charge in [-0.1, -0.05) is 199 Å². The van der Waals surface area contributed by atoms with E-state index in [2.05, 4.69) is 264 Å². The molecule has 0 aliphatic carbocycles. The molecular formula is C70H54BNO2. The van der Waals surface area contributed by atoms with Crippen molar-refractivity contribution in [1.29, 1.82) is 0 Å². The Balaban J connectivity index is 1.02. The predicted molar refractivity (Wildman–Crippen MR) is 313 cm³/mol. The fraction of sp³-hybridized carbons (Fsp3) is 0.114. The highest BCUT2D eigenvalue weighted by atomic mass is 16.5. The average molecular weight is 952 g/mol.